The zero-order chi connectivity index (χ0) is 9.97. The lowest BCUT2D eigenvalue weighted by atomic mass is 10.0. The molecule has 1 heterocycles. The fourth-order valence-electron chi connectivity index (χ4n) is 2.38. The fraction of sp³-hybridized carbons (Fsp3) is 0.727. The molecule has 1 fully saturated rings. The molecule has 0 aliphatic heterocycles. The molecule has 3 N–H and O–H groups in total. The number of rotatable bonds is 3. The van der Waals surface area contributed by atoms with Gasteiger partial charge in [-0.1, -0.05) is 19.8 Å². The third-order valence-electron chi connectivity index (χ3n) is 3.15. The third-order valence-corrected chi connectivity index (χ3v) is 3.15. The SMILES string of the molecule is CCc1[nH]c(CN)nc1C1CCCC1. The molecule has 78 valence electrons. The van der Waals surface area contributed by atoms with E-state index in [1.807, 2.05) is 0 Å². The van der Waals surface area contributed by atoms with E-state index >= 15 is 0 Å². The summed E-state index contributed by atoms with van der Waals surface area (Å²) in [6, 6.07) is 0. The number of hydrogen-bond acceptors (Lipinski definition) is 2. The van der Waals surface area contributed by atoms with Gasteiger partial charge in [0.05, 0.1) is 12.2 Å². The van der Waals surface area contributed by atoms with Crippen molar-refractivity contribution in [2.75, 3.05) is 0 Å². The van der Waals surface area contributed by atoms with E-state index in [0.717, 1.165) is 12.2 Å². The Balaban J connectivity index is 2.25. The predicted molar refractivity (Wildman–Crippen MR) is 57.1 cm³/mol. The number of nitrogens with two attached hydrogens (primary N) is 1. The summed E-state index contributed by atoms with van der Waals surface area (Å²) in [5, 5.41) is 0. The first kappa shape index (κ1) is 9.71. The quantitative estimate of drug-likeness (QED) is 0.772. The Morgan fingerprint density at radius 2 is 2.14 bits per heavy atom. The van der Waals surface area contributed by atoms with Crippen LogP contribution in [0.3, 0.4) is 0 Å². The molecule has 0 amide bonds. The van der Waals surface area contributed by atoms with E-state index in [2.05, 4.69) is 16.9 Å². The molecule has 1 aliphatic carbocycles. The van der Waals surface area contributed by atoms with E-state index in [-0.39, 0.29) is 0 Å². The van der Waals surface area contributed by atoms with Gasteiger partial charge >= 0.3 is 0 Å². The van der Waals surface area contributed by atoms with Crippen molar-refractivity contribution in [2.24, 2.45) is 5.73 Å². The van der Waals surface area contributed by atoms with Gasteiger partial charge in [-0.15, -0.1) is 0 Å². The minimum absolute atomic E-state index is 0.528. The van der Waals surface area contributed by atoms with Gasteiger partial charge in [0.1, 0.15) is 5.82 Å². The Morgan fingerprint density at radius 3 is 2.71 bits per heavy atom. The van der Waals surface area contributed by atoms with Gasteiger partial charge in [0.25, 0.3) is 0 Å². The number of aromatic amines is 1. The highest BCUT2D eigenvalue weighted by atomic mass is 15.0. The van der Waals surface area contributed by atoms with Crippen LogP contribution in [-0.4, -0.2) is 9.97 Å². The Kier molecular flexibility index (Phi) is 2.87. The first-order valence-corrected chi connectivity index (χ1v) is 5.62. The molecule has 1 saturated carbocycles. The molecule has 1 aromatic heterocycles. The molecule has 1 aromatic rings. The fourth-order valence-corrected chi connectivity index (χ4v) is 2.38. The van der Waals surface area contributed by atoms with Crippen LogP contribution >= 0.6 is 0 Å². The second kappa shape index (κ2) is 4.13. The van der Waals surface area contributed by atoms with Crippen LogP contribution in [0.15, 0.2) is 0 Å². The minimum atomic E-state index is 0.528. The summed E-state index contributed by atoms with van der Waals surface area (Å²) in [6.07, 6.45) is 6.37. The summed E-state index contributed by atoms with van der Waals surface area (Å²) in [5.41, 5.74) is 8.19. The van der Waals surface area contributed by atoms with Crippen LogP contribution in [0, 0.1) is 0 Å². The Morgan fingerprint density at radius 1 is 1.43 bits per heavy atom. The highest BCUT2D eigenvalue weighted by Gasteiger charge is 2.22. The number of aryl methyl sites for hydroxylation is 1. The summed E-state index contributed by atoms with van der Waals surface area (Å²) < 4.78 is 0. The van der Waals surface area contributed by atoms with Crippen molar-refractivity contribution in [1.29, 1.82) is 0 Å². The second-order valence-electron chi connectivity index (χ2n) is 4.09. The molecule has 0 unspecified atom stereocenters. The van der Waals surface area contributed by atoms with Crippen molar-refractivity contribution in [3.05, 3.63) is 17.2 Å². The largest absolute Gasteiger partial charge is 0.345 e. The van der Waals surface area contributed by atoms with E-state index in [9.17, 15) is 0 Å². The molecule has 0 saturated heterocycles. The van der Waals surface area contributed by atoms with Crippen molar-refractivity contribution < 1.29 is 0 Å². The van der Waals surface area contributed by atoms with Crippen molar-refractivity contribution >= 4 is 0 Å². The van der Waals surface area contributed by atoms with Crippen LogP contribution < -0.4 is 5.73 Å². The molecule has 3 nitrogen and oxygen atoms in total. The number of H-pyrrole nitrogens is 1. The van der Waals surface area contributed by atoms with Gasteiger partial charge in [-0.2, -0.15) is 0 Å². The van der Waals surface area contributed by atoms with Crippen LogP contribution in [0.25, 0.3) is 0 Å². The van der Waals surface area contributed by atoms with E-state index in [4.69, 9.17) is 5.73 Å². The summed E-state index contributed by atoms with van der Waals surface area (Å²) in [7, 11) is 0. The maximum atomic E-state index is 5.59. The average Bonchev–Trinajstić information content (AvgIpc) is 2.85. The average molecular weight is 193 g/mol. The van der Waals surface area contributed by atoms with Crippen LogP contribution in [0.5, 0.6) is 0 Å². The smallest absolute Gasteiger partial charge is 0.120 e. The molecule has 2 rings (SSSR count). The molecule has 0 radical (unpaired) electrons. The van der Waals surface area contributed by atoms with Gasteiger partial charge in [-0.25, -0.2) is 4.98 Å². The topological polar surface area (TPSA) is 54.7 Å². The summed E-state index contributed by atoms with van der Waals surface area (Å²) in [6.45, 7) is 2.70. The van der Waals surface area contributed by atoms with Crippen LogP contribution in [0.2, 0.25) is 0 Å². The zero-order valence-corrected chi connectivity index (χ0v) is 8.84. The molecule has 0 aromatic carbocycles. The molecule has 14 heavy (non-hydrogen) atoms. The van der Waals surface area contributed by atoms with Gasteiger partial charge in [-0.05, 0) is 19.3 Å². The lowest BCUT2D eigenvalue weighted by Crippen LogP contribution is -1.99. The van der Waals surface area contributed by atoms with E-state index < -0.39 is 0 Å². The van der Waals surface area contributed by atoms with Gasteiger partial charge < -0.3 is 10.7 Å². The maximum absolute atomic E-state index is 5.59. The van der Waals surface area contributed by atoms with Crippen molar-refractivity contribution in [2.45, 2.75) is 51.5 Å². The van der Waals surface area contributed by atoms with Crippen LogP contribution in [-0.2, 0) is 13.0 Å². The van der Waals surface area contributed by atoms with E-state index in [1.165, 1.54) is 37.1 Å². The molecule has 0 bridgehead atoms. The number of nitrogens with one attached hydrogen (secondary N) is 1. The highest BCUT2D eigenvalue weighted by molar-refractivity contribution is 5.20. The summed E-state index contributed by atoms with van der Waals surface area (Å²) in [4.78, 5) is 7.92. The number of nitrogens with zero attached hydrogens (tertiary/aromatic N) is 1. The molecular weight excluding hydrogens is 174 g/mol. The molecule has 0 atom stereocenters. The maximum Gasteiger partial charge on any atom is 0.120 e. The predicted octanol–water partition coefficient (Wildman–Crippen LogP) is 2.09. The van der Waals surface area contributed by atoms with E-state index in [1.54, 1.807) is 0 Å². The minimum Gasteiger partial charge on any atom is -0.345 e. The lowest BCUT2D eigenvalue weighted by Gasteiger charge is -2.06. The van der Waals surface area contributed by atoms with Gasteiger partial charge in [0.15, 0.2) is 0 Å². The Bertz CT molecular complexity index is 297. The zero-order valence-electron chi connectivity index (χ0n) is 8.84. The summed E-state index contributed by atoms with van der Waals surface area (Å²) in [5.74, 6) is 1.64. The number of imidazole rings is 1. The van der Waals surface area contributed by atoms with E-state index in [0.29, 0.717) is 12.5 Å². The normalized spacial score (nSPS) is 17.9. The molecule has 0 spiro atoms. The van der Waals surface area contributed by atoms with Crippen LogP contribution in [0.1, 0.15) is 55.7 Å². The van der Waals surface area contributed by atoms with Gasteiger partial charge in [0, 0.05) is 11.6 Å². The molecule has 3 heteroatoms. The van der Waals surface area contributed by atoms with Gasteiger partial charge in [0.2, 0.25) is 0 Å². The standard InChI is InChI=1S/C11H19N3/c1-2-9-11(8-5-3-4-6-8)14-10(7-12)13-9/h8H,2-7,12H2,1H3,(H,13,14). The monoisotopic (exact) mass is 193 g/mol. The van der Waals surface area contributed by atoms with Crippen molar-refractivity contribution in [3.63, 3.8) is 0 Å². The third kappa shape index (κ3) is 1.69. The second-order valence-corrected chi connectivity index (χ2v) is 4.09. The number of hydrogen-bond donors (Lipinski definition) is 2. The lowest BCUT2D eigenvalue weighted by molar-refractivity contribution is 0.689. The van der Waals surface area contributed by atoms with Crippen LogP contribution in [0.4, 0.5) is 0 Å². The molecule has 1 aliphatic rings. The first-order valence-electron chi connectivity index (χ1n) is 5.62. The summed E-state index contributed by atoms with van der Waals surface area (Å²) >= 11 is 0. The molecular formula is C11H19N3. The Labute approximate surface area is 85.1 Å². The Hall–Kier alpha value is -0.830. The first-order chi connectivity index (χ1) is 6.85. The highest BCUT2D eigenvalue weighted by Crippen LogP contribution is 2.34. The van der Waals surface area contributed by atoms with Crippen molar-refractivity contribution in [3.8, 4) is 0 Å². The van der Waals surface area contributed by atoms with Crippen molar-refractivity contribution in [1.82, 2.24) is 9.97 Å². The van der Waals surface area contributed by atoms with Gasteiger partial charge in [-0.3, -0.25) is 0 Å². The number of aromatic nitrogens is 2.